The zero-order valence-electron chi connectivity index (χ0n) is 12.8. The van der Waals surface area contributed by atoms with Crippen LogP contribution in [-0.4, -0.2) is 49.3 Å². The largest absolute Gasteiger partial charge is 0.348 e. The standard InChI is InChI=1S/C17H25NO2S/c1-18(11-14-21-16-5-3-2-4-6-16)15-7-9-17(10-8-15)19-12-13-20-17/h2-6,15H,7-14H2,1H3. The van der Waals surface area contributed by atoms with Crippen LogP contribution < -0.4 is 0 Å². The third-order valence-corrected chi connectivity index (χ3v) is 5.60. The van der Waals surface area contributed by atoms with Crippen molar-refractivity contribution < 1.29 is 9.47 Å². The summed E-state index contributed by atoms with van der Waals surface area (Å²) in [6.45, 7) is 2.68. The van der Waals surface area contributed by atoms with E-state index in [1.807, 2.05) is 11.8 Å². The highest BCUT2D eigenvalue weighted by Crippen LogP contribution is 2.37. The molecule has 0 radical (unpaired) electrons. The van der Waals surface area contributed by atoms with Gasteiger partial charge in [0.15, 0.2) is 5.79 Å². The fraction of sp³-hybridized carbons (Fsp3) is 0.647. The smallest absolute Gasteiger partial charge is 0.168 e. The molecule has 0 N–H and O–H groups in total. The van der Waals surface area contributed by atoms with Gasteiger partial charge in [-0.05, 0) is 32.0 Å². The van der Waals surface area contributed by atoms with Crippen molar-refractivity contribution in [3.63, 3.8) is 0 Å². The van der Waals surface area contributed by atoms with Gasteiger partial charge >= 0.3 is 0 Å². The van der Waals surface area contributed by atoms with E-state index in [1.54, 1.807) is 0 Å². The lowest BCUT2D eigenvalue weighted by atomic mass is 9.89. The van der Waals surface area contributed by atoms with E-state index in [4.69, 9.17) is 9.47 Å². The number of hydrogen-bond donors (Lipinski definition) is 0. The van der Waals surface area contributed by atoms with Gasteiger partial charge < -0.3 is 14.4 Å². The number of rotatable bonds is 5. The summed E-state index contributed by atoms with van der Waals surface area (Å²) in [6.07, 6.45) is 4.47. The molecule has 0 unspecified atom stereocenters. The monoisotopic (exact) mass is 307 g/mol. The van der Waals surface area contributed by atoms with Gasteiger partial charge in [0.1, 0.15) is 0 Å². The average Bonchev–Trinajstić information content (AvgIpc) is 2.97. The molecule has 1 heterocycles. The highest BCUT2D eigenvalue weighted by molar-refractivity contribution is 7.99. The molecule has 2 aliphatic rings. The normalized spacial score (nSPS) is 22.2. The van der Waals surface area contributed by atoms with Crippen LogP contribution in [0, 0.1) is 0 Å². The van der Waals surface area contributed by atoms with Gasteiger partial charge in [-0.3, -0.25) is 0 Å². The molecule has 116 valence electrons. The van der Waals surface area contributed by atoms with Crippen molar-refractivity contribution in [2.45, 2.75) is 42.4 Å². The van der Waals surface area contributed by atoms with Gasteiger partial charge in [0.2, 0.25) is 0 Å². The second kappa shape index (κ2) is 7.14. The minimum absolute atomic E-state index is 0.226. The van der Waals surface area contributed by atoms with E-state index < -0.39 is 0 Å². The maximum absolute atomic E-state index is 5.80. The van der Waals surface area contributed by atoms with Crippen LogP contribution in [0.4, 0.5) is 0 Å². The summed E-state index contributed by atoms with van der Waals surface area (Å²) < 4.78 is 11.6. The third kappa shape index (κ3) is 4.01. The van der Waals surface area contributed by atoms with Crippen molar-refractivity contribution in [1.82, 2.24) is 4.90 Å². The average molecular weight is 307 g/mol. The van der Waals surface area contributed by atoms with Crippen molar-refractivity contribution in [2.24, 2.45) is 0 Å². The molecule has 21 heavy (non-hydrogen) atoms. The molecule has 0 atom stereocenters. The van der Waals surface area contributed by atoms with Crippen molar-refractivity contribution in [3.05, 3.63) is 30.3 Å². The molecule has 0 bridgehead atoms. The lowest BCUT2D eigenvalue weighted by molar-refractivity contribution is -0.183. The van der Waals surface area contributed by atoms with Crippen LogP contribution in [-0.2, 0) is 9.47 Å². The van der Waals surface area contributed by atoms with E-state index in [-0.39, 0.29) is 5.79 Å². The van der Waals surface area contributed by atoms with Gasteiger partial charge in [-0.2, -0.15) is 0 Å². The minimum atomic E-state index is -0.226. The van der Waals surface area contributed by atoms with Crippen molar-refractivity contribution >= 4 is 11.8 Å². The second-order valence-corrected chi connectivity index (χ2v) is 7.15. The van der Waals surface area contributed by atoms with E-state index in [1.165, 1.54) is 17.7 Å². The summed E-state index contributed by atoms with van der Waals surface area (Å²) in [6, 6.07) is 11.3. The summed E-state index contributed by atoms with van der Waals surface area (Å²) in [5.41, 5.74) is 0. The lowest BCUT2D eigenvalue weighted by Crippen LogP contribution is -2.43. The van der Waals surface area contributed by atoms with E-state index in [9.17, 15) is 0 Å². The predicted molar refractivity (Wildman–Crippen MR) is 86.7 cm³/mol. The lowest BCUT2D eigenvalue weighted by Gasteiger charge is -2.39. The number of nitrogens with zero attached hydrogens (tertiary/aromatic N) is 1. The van der Waals surface area contributed by atoms with Crippen LogP contribution in [0.5, 0.6) is 0 Å². The van der Waals surface area contributed by atoms with Crippen molar-refractivity contribution in [1.29, 1.82) is 0 Å². The Morgan fingerprint density at radius 1 is 1.14 bits per heavy atom. The summed E-state index contributed by atoms with van der Waals surface area (Å²) in [5.74, 6) is 0.922. The SMILES string of the molecule is CN(CCSc1ccccc1)C1CCC2(CC1)OCCO2. The van der Waals surface area contributed by atoms with E-state index in [0.29, 0.717) is 6.04 Å². The second-order valence-electron chi connectivity index (χ2n) is 5.98. The Bertz CT molecular complexity index is 424. The number of benzene rings is 1. The van der Waals surface area contributed by atoms with E-state index in [0.717, 1.165) is 38.4 Å². The molecule has 0 aromatic heterocycles. The van der Waals surface area contributed by atoms with E-state index >= 15 is 0 Å². The molecular weight excluding hydrogens is 282 g/mol. The topological polar surface area (TPSA) is 21.7 Å². The summed E-state index contributed by atoms with van der Waals surface area (Å²) in [4.78, 5) is 3.87. The molecule has 1 aliphatic carbocycles. The van der Waals surface area contributed by atoms with Crippen molar-refractivity contribution in [2.75, 3.05) is 32.6 Å². The van der Waals surface area contributed by atoms with Crippen LogP contribution in [0.15, 0.2) is 35.2 Å². The molecule has 3 nitrogen and oxygen atoms in total. The van der Waals surface area contributed by atoms with Gasteiger partial charge in [0.05, 0.1) is 13.2 Å². The Morgan fingerprint density at radius 2 is 1.81 bits per heavy atom. The van der Waals surface area contributed by atoms with Gasteiger partial charge in [-0.15, -0.1) is 11.8 Å². The minimum Gasteiger partial charge on any atom is -0.348 e. The first-order valence-corrected chi connectivity index (χ1v) is 8.92. The third-order valence-electron chi connectivity index (χ3n) is 4.61. The van der Waals surface area contributed by atoms with Crippen LogP contribution in [0.2, 0.25) is 0 Å². The summed E-state index contributed by atoms with van der Waals surface area (Å²) >= 11 is 1.94. The molecular formula is C17H25NO2S. The predicted octanol–water partition coefficient (Wildman–Crippen LogP) is 3.40. The molecule has 4 heteroatoms. The van der Waals surface area contributed by atoms with Crippen LogP contribution in [0.1, 0.15) is 25.7 Å². The molecule has 3 rings (SSSR count). The first-order chi connectivity index (χ1) is 10.3. The highest BCUT2D eigenvalue weighted by Gasteiger charge is 2.40. The molecule has 1 aromatic carbocycles. The van der Waals surface area contributed by atoms with Gasteiger partial charge in [0, 0.05) is 36.1 Å². The molecule has 1 saturated heterocycles. The maximum atomic E-state index is 5.80. The van der Waals surface area contributed by atoms with Crippen LogP contribution in [0.3, 0.4) is 0 Å². The number of thioether (sulfide) groups is 1. The first-order valence-electron chi connectivity index (χ1n) is 7.93. The Morgan fingerprint density at radius 3 is 2.48 bits per heavy atom. The molecule has 1 aliphatic heterocycles. The zero-order chi connectivity index (χ0) is 14.5. The maximum Gasteiger partial charge on any atom is 0.168 e. The summed E-state index contributed by atoms with van der Waals surface area (Å²) in [7, 11) is 2.25. The number of hydrogen-bond acceptors (Lipinski definition) is 4. The van der Waals surface area contributed by atoms with Gasteiger partial charge in [-0.1, -0.05) is 18.2 Å². The zero-order valence-corrected chi connectivity index (χ0v) is 13.6. The molecule has 0 amide bonds. The van der Waals surface area contributed by atoms with Gasteiger partial charge in [-0.25, -0.2) is 0 Å². The Kier molecular flexibility index (Phi) is 5.22. The quantitative estimate of drug-likeness (QED) is 0.777. The molecule has 1 spiro atoms. The first kappa shape index (κ1) is 15.3. The van der Waals surface area contributed by atoms with Gasteiger partial charge in [0.25, 0.3) is 0 Å². The molecule has 1 saturated carbocycles. The Hall–Kier alpha value is -0.550. The Balaban J connectivity index is 1.39. The van der Waals surface area contributed by atoms with Crippen LogP contribution >= 0.6 is 11.8 Å². The fourth-order valence-electron chi connectivity index (χ4n) is 3.28. The molecule has 1 aromatic rings. The Labute approximate surface area is 132 Å². The molecule has 2 fully saturated rings. The fourth-order valence-corrected chi connectivity index (χ4v) is 4.24. The van der Waals surface area contributed by atoms with Crippen molar-refractivity contribution in [3.8, 4) is 0 Å². The number of ether oxygens (including phenoxy) is 2. The summed E-state index contributed by atoms with van der Waals surface area (Å²) in [5, 5.41) is 0. The highest BCUT2D eigenvalue weighted by atomic mass is 32.2. The van der Waals surface area contributed by atoms with Crippen LogP contribution in [0.25, 0.3) is 0 Å². The van der Waals surface area contributed by atoms with E-state index in [2.05, 4.69) is 42.3 Å².